The summed E-state index contributed by atoms with van der Waals surface area (Å²) in [5, 5.41) is 4.26. The number of rotatable bonds is 3. The molecule has 0 aromatic carbocycles. The van der Waals surface area contributed by atoms with E-state index in [-0.39, 0.29) is 0 Å². The van der Waals surface area contributed by atoms with E-state index in [1.165, 1.54) is 18.7 Å². The topological polar surface area (TPSA) is 0 Å². The first kappa shape index (κ1) is 10.9. The fourth-order valence-corrected chi connectivity index (χ4v) is 4.34. The van der Waals surface area contributed by atoms with E-state index in [9.17, 15) is 0 Å². The number of hydrogen-bond acceptors (Lipinski definition) is 2. The highest BCUT2D eigenvalue weighted by molar-refractivity contribution is 9.10. The Hall–Kier alpha value is 0.360. The predicted octanol–water partition coefficient (Wildman–Crippen LogP) is 5.12. The van der Waals surface area contributed by atoms with Crippen LogP contribution in [-0.4, -0.2) is 0 Å². The Labute approximate surface area is 108 Å². The minimum atomic E-state index is 1.12. The van der Waals surface area contributed by atoms with Gasteiger partial charge in [0.25, 0.3) is 0 Å². The van der Waals surface area contributed by atoms with E-state index in [4.69, 9.17) is 0 Å². The molecule has 0 aliphatic heterocycles. The molecule has 2 aromatic heterocycles. The molecule has 0 fully saturated rings. The van der Waals surface area contributed by atoms with Crippen LogP contribution in [0, 0.1) is 0 Å². The van der Waals surface area contributed by atoms with Gasteiger partial charge in [0.2, 0.25) is 0 Å². The van der Waals surface area contributed by atoms with E-state index in [1.54, 1.807) is 0 Å². The van der Waals surface area contributed by atoms with Crippen molar-refractivity contribution in [1.29, 1.82) is 0 Å². The lowest BCUT2D eigenvalue weighted by molar-refractivity contribution is 0.994. The molecule has 0 unspecified atom stereocenters. The summed E-state index contributed by atoms with van der Waals surface area (Å²) in [4.78, 5) is 2.87. The molecule has 0 spiro atoms. The molecule has 2 aromatic rings. The van der Waals surface area contributed by atoms with Crippen LogP contribution in [0.15, 0.2) is 31.8 Å². The summed E-state index contributed by atoms with van der Waals surface area (Å²) < 4.78 is 2.49. The van der Waals surface area contributed by atoms with Gasteiger partial charge in [-0.1, -0.05) is 0 Å². The van der Waals surface area contributed by atoms with E-state index in [2.05, 4.69) is 54.8 Å². The average Bonchev–Trinajstić information content (AvgIpc) is 2.72. The first-order valence-electron chi connectivity index (χ1n) is 4.21. The molecule has 0 bridgehead atoms. The third kappa shape index (κ3) is 2.48. The maximum absolute atomic E-state index is 3.55. The monoisotopic (exact) mass is 350 g/mol. The van der Waals surface area contributed by atoms with Crippen molar-refractivity contribution in [2.45, 2.75) is 12.8 Å². The normalized spacial score (nSPS) is 10.7. The van der Waals surface area contributed by atoms with Gasteiger partial charge in [0.05, 0.1) is 0 Å². The van der Waals surface area contributed by atoms with Gasteiger partial charge in [0, 0.05) is 18.7 Å². The van der Waals surface area contributed by atoms with Gasteiger partial charge in [-0.25, -0.2) is 0 Å². The highest BCUT2D eigenvalue weighted by Crippen LogP contribution is 2.28. The molecule has 0 N–H and O–H groups in total. The quantitative estimate of drug-likeness (QED) is 0.719. The molecule has 2 heterocycles. The molecule has 0 saturated heterocycles. The van der Waals surface area contributed by atoms with Crippen molar-refractivity contribution >= 4 is 54.5 Å². The van der Waals surface area contributed by atoms with E-state index in [0.717, 1.165) is 12.8 Å². The molecular formula is C10H8Br2S2. The Morgan fingerprint density at radius 1 is 0.857 bits per heavy atom. The molecule has 4 heteroatoms. The van der Waals surface area contributed by atoms with Crippen LogP contribution in [0.3, 0.4) is 0 Å². The summed E-state index contributed by atoms with van der Waals surface area (Å²) in [5.41, 5.74) is 0. The van der Waals surface area contributed by atoms with Crippen LogP contribution in [0.4, 0.5) is 0 Å². The van der Waals surface area contributed by atoms with Crippen molar-refractivity contribution < 1.29 is 0 Å². The van der Waals surface area contributed by atoms with E-state index in [0.29, 0.717) is 0 Å². The Morgan fingerprint density at radius 2 is 1.29 bits per heavy atom. The largest absolute Gasteiger partial charge is 0.148 e. The first-order chi connectivity index (χ1) is 6.77. The van der Waals surface area contributed by atoms with Crippen molar-refractivity contribution in [2.75, 3.05) is 0 Å². The molecule has 0 nitrogen and oxygen atoms in total. The van der Waals surface area contributed by atoms with Crippen molar-refractivity contribution in [3.63, 3.8) is 0 Å². The molecule has 14 heavy (non-hydrogen) atoms. The number of aryl methyl sites for hydroxylation is 2. The predicted molar refractivity (Wildman–Crippen MR) is 71.4 cm³/mol. The zero-order valence-electron chi connectivity index (χ0n) is 7.30. The minimum Gasteiger partial charge on any atom is -0.148 e. The summed E-state index contributed by atoms with van der Waals surface area (Å²) in [6.45, 7) is 0. The van der Waals surface area contributed by atoms with Gasteiger partial charge in [-0.15, -0.1) is 22.7 Å². The lowest BCUT2D eigenvalue weighted by atomic mass is 10.2. The average molecular weight is 352 g/mol. The van der Waals surface area contributed by atoms with E-state index >= 15 is 0 Å². The first-order valence-corrected chi connectivity index (χ1v) is 7.55. The number of hydrogen-bond donors (Lipinski definition) is 0. The number of thiophene rings is 2. The second-order valence-corrected chi connectivity index (χ2v) is 6.59. The van der Waals surface area contributed by atoms with E-state index in [1.807, 2.05) is 22.7 Å². The second kappa shape index (κ2) is 4.92. The molecule has 0 radical (unpaired) electrons. The highest BCUT2D eigenvalue weighted by Gasteiger charge is 2.05. The lowest BCUT2D eigenvalue weighted by Gasteiger charge is -1.98. The molecule has 2 rings (SSSR count). The van der Waals surface area contributed by atoms with Gasteiger partial charge in [0.1, 0.15) is 0 Å². The molecule has 0 atom stereocenters. The van der Waals surface area contributed by atoms with Crippen LogP contribution in [0.25, 0.3) is 0 Å². The molecular weight excluding hydrogens is 344 g/mol. The van der Waals surface area contributed by atoms with Gasteiger partial charge >= 0.3 is 0 Å². The SMILES string of the molecule is Brc1ccsc1CCc1sccc1Br. The zero-order chi connectivity index (χ0) is 9.97. The maximum Gasteiger partial charge on any atom is 0.0314 e. The third-order valence-electron chi connectivity index (χ3n) is 1.96. The van der Waals surface area contributed by atoms with E-state index < -0.39 is 0 Å². The fraction of sp³-hybridized carbons (Fsp3) is 0.200. The van der Waals surface area contributed by atoms with Crippen molar-refractivity contribution in [2.24, 2.45) is 0 Å². The van der Waals surface area contributed by atoms with Gasteiger partial charge in [-0.3, -0.25) is 0 Å². The van der Waals surface area contributed by atoms with Gasteiger partial charge in [0.15, 0.2) is 0 Å². The Bertz CT molecular complexity index is 377. The Morgan fingerprint density at radius 3 is 1.57 bits per heavy atom. The van der Waals surface area contributed by atoms with Crippen molar-refractivity contribution in [3.05, 3.63) is 41.6 Å². The molecule has 0 saturated carbocycles. The summed E-state index contributed by atoms with van der Waals surface area (Å²) >= 11 is 10.7. The summed E-state index contributed by atoms with van der Waals surface area (Å²) in [5.74, 6) is 0. The van der Waals surface area contributed by atoms with Crippen LogP contribution in [0.2, 0.25) is 0 Å². The zero-order valence-corrected chi connectivity index (χ0v) is 12.1. The van der Waals surface area contributed by atoms with Crippen LogP contribution in [0.5, 0.6) is 0 Å². The Kier molecular flexibility index (Phi) is 3.82. The van der Waals surface area contributed by atoms with Gasteiger partial charge < -0.3 is 0 Å². The number of halogens is 2. The third-order valence-corrected chi connectivity index (χ3v) is 5.93. The van der Waals surface area contributed by atoms with Crippen LogP contribution >= 0.6 is 54.5 Å². The van der Waals surface area contributed by atoms with Crippen LogP contribution in [0.1, 0.15) is 9.75 Å². The highest BCUT2D eigenvalue weighted by atomic mass is 79.9. The van der Waals surface area contributed by atoms with Crippen LogP contribution < -0.4 is 0 Å². The summed E-state index contributed by atoms with van der Waals surface area (Å²) in [7, 11) is 0. The van der Waals surface area contributed by atoms with Gasteiger partial charge in [-0.05, 0) is 67.6 Å². The van der Waals surface area contributed by atoms with Crippen LogP contribution in [-0.2, 0) is 12.8 Å². The summed E-state index contributed by atoms with van der Waals surface area (Å²) in [6, 6.07) is 4.23. The standard InChI is InChI=1S/C10H8Br2S2/c11-7-3-5-13-9(7)1-2-10-8(12)4-6-14-10/h3-6H,1-2H2. The summed E-state index contributed by atoms with van der Waals surface area (Å²) in [6.07, 6.45) is 2.24. The second-order valence-electron chi connectivity index (χ2n) is 2.88. The maximum atomic E-state index is 3.55. The van der Waals surface area contributed by atoms with Gasteiger partial charge in [-0.2, -0.15) is 0 Å². The molecule has 0 aliphatic carbocycles. The minimum absolute atomic E-state index is 1.12. The lowest BCUT2D eigenvalue weighted by Crippen LogP contribution is -1.86. The molecule has 0 amide bonds. The Balaban J connectivity index is 2.02. The fourth-order valence-electron chi connectivity index (χ4n) is 1.23. The van der Waals surface area contributed by atoms with Crippen molar-refractivity contribution in [3.8, 4) is 0 Å². The van der Waals surface area contributed by atoms with Crippen molar-refractivity contribution in [1.82, 2.24) is 0 Å². The molecule has 74 valence electrons. The smallest absolute Gasteiger partial charge is 0.0314 e. The molecule has 0 aliphatic rings.